The maximum absolute atomic E-state index is 11.9. The van der Waals surface area contributed by atoms with Crippen molar-refractivity contribution >= 4 is 17.6 Å². The Labute approximate surface area is 113 Å². The van der Waals surface area contributed by atoms with Crippen LogP contribution in [0.15, 0.2) is 18.2 Å². The monoisotopic (exact) mass is 264 g/mol. The number of nitrogen functional groups attached to an aromatic ring is 1. The summed E-state index contributed by atoms with van der Waals surface area (Å²) in [5, 5.41) is 2.67. The quantitative estimate of drug-likeness (QED) is 0.626. The highest BCUT2D eigenvalue weighted by molar-refractivity contribution is 5.97. The van der Waals surface area contributed by atoms with Gasteiger partial charge < -0.3 is 15.8 Å². The van der Waals surface area contributed by atoms with Crippen molar-refractivity contribution in [2.45, 2.75) is 33.3 Å². The number of nitrogens with two attached hydrogens (primary N) is 1. The Morgan fingerprint density at radius 1 is 1.42 bits per heavy atom. The predicted molar refractivity (Wildman–Crippen MR) is 73.8 cm³/mol. The maximum Gasteiger partial charge on any atom is 0.341 e. The van der Waals surface area contributed by atoms with E-state index in [-0.39, 0.29) is 11.5 Å². The van der Waals surface area contributed by atoms with E-state index in [1.807, 2.05) is 19.9 Å². The SMILES string of the molecule is CCCNC(=O)C(C)OC(=O)c1cccc(C)c1N. The molecule has 0 saturated carbocycles. The lowest BCUT2D eigenvalue weighted by atomic mass is 10.1. The van der Waals surface area contributed by atoms with Gasteiger partial charge in [0.25, 0.3) is 5.91 Å². The molecule has 0 bridgehead atoms. The summed E-state index contributed by atoms with van der Waals surface area (Å²) in [6.45, 7) is 5.86. The summed E-state index contributed by atoms with van der Waals surface area (Å²) in [6, 6.07) is 5.12. The van der Waals surface area contributed by atoms with Crippen LogP contribution in [0.25, 0.3) is 0 Å². The van der Waals surface area contributed by atoms with Crippen LogP contribution in [0.2, 0.25) is 0 Å². The van der Waals surface area contributed by atoms with E-state index in [1.165, 1.54) is 6.92 Å². The van der Waals surface area contributed by atoms with Crippen LogP contribution in [0, 0.1) is 6.92 Å². The summed E-state index contributed by atoms with van der Waals surface area (Å²) in [6.07, 6.45) is -0.00370. The molecular weight excluding hydrogens is 244 g/mol. The number of esters is 1. The molecule has 5 heteroatoms. The third-order valence-electron chi connectivity index (χ3n) is 2.75. The lowest BCUT2D eigenvalue weighted by Crippen LogP contribution is -2.36. The first-order valence-corrected chi connectivity index (χ1v) is 6.31. The Kier molecular flexibility index (Phi) is 5.36. The van der Waals surface area contributed by atoms with E-state index in [4.69, 9.17) is 10.5 Å². The molecular formula is C14H20N2O3. The molecule has 104 valence electrons. The zero-order valence-corrected chi connectivity index (χ0v) is 11.5. The van der Waals surface area contributed by atoms with E-state index in [0.29, 0.717) is 12.2 Å². The molecule has 3 N–H and O–H groups in total. The Bertz CT molecular complexity index is 472. The molecule has 0 aliphatic carbocycles. The van der Waals surface area contributed by atoms with Crippen molar-refractivity contribution in [1.82, 2.24) is 5.32 Å². The topological polar surface area (TPSA) is 81.4 Å². The molecule has 0 fully saturated rings. The Hall–Kier alpha value is -2.04. The molecule has 19 heavy (non-hydrogen) atoms. The van der Waals surface area contributed by atoms with E-state index < -0.39 is 12.1 Å². The van der Waals surface area contributed by atoms with Crippen LogP contribution in [0.4, 0.5) is 5.69 Å². The zero-order chi connectivity index (χ0) is 14.4. The molecule has 0 spiro atoms. The van der Waals surface area contributed by atoms with Crippen LogP contribution in [0.5, 0.6) is 0 Å². The first-order chi connectivity index (χ1) is 8.97. The first-order valence-electron chi connectivity index (χ1n) is 6.31. The fraction of sp³-hybridized carbons (Fsp3) is 0.429. The van der Waals surface area contributed by atoms with Gasteiger partial charge in [-0.1, -0.05) is 19.1 Å². The van der Waals surface area contributed by atoms with Crippen molar-refractivity contribution in [3.05, 3.63) is 29.3 Å². The molecule has 0 aliphatic heterocycles. The predicted octanol–water partition coefficient (Wildman–Crippen LogP) is 1.65. The molecule has 0 saturated heterocycles. The highest BCUT2D eigenvalue weighted by atomic mass is 16.5. The molecule has 0 aromatic heterocycles. The van der Waals surface area contributed by atoms with Crippen molar-refractivity contribution in [2.24, 2.45) is 0 Å². The van der Waals surface area contributed by atoms with Crippen molar-refractivity contribution in [3.63, 3.8) is 0 Å². The molecule has 0 heterocycles. The van der Waals surface area contributed by atoms with E-state index in [9.17, 15) is 9.59 Å². The van der Waals surface area contributed by atoms with Gasteiger partial charge in [0.15, 0.2) is 6.10 Å². The van der Waals surface area contributed by atoms with Gasteiger partial charge in [-0.15, -0.1) is 0 Å². The van der Waals surface area contributed by atoms with E-state index in [0.717, 1.165) is 12.0 Å². The van der Waals surface area contributed by atoms with Crippen molar-refractivity contribution in [1.29, 1.82) is 0 Å². The number of ether oxygens (including phenoxy) is 1. The Balaban J connectivity index is 2.69. The number of anilines is 1. The average molecular weight is 264 g/mol. The lowest BCUT2D eigenvalue weighted by molar-refractivity contribution is -0.129. The number of carbonyl (C=O) groups excluding carboxylic acids is 2. The Morgan fingerprint density at radius 3 is 2.74 bits per heavy atom. The summed E-state index contributed by atoms with van der Waals surface area (Å²) in [5.74, 6) is -0.887. The summed E-state index contributed by atoms with van der Waals surface area (Å²) in [7, 11) is 0. The molecule has 1 aromatic rings. The number of benzene rings is 1. The summed E-state index contributed by atoms with van der Waals surface area (Å²) in [4.78, 5) is 23.5. The van der Waals surface area contributed by atoms with E-state index in [1.54, 1.807) is 12.1 Å². The van der Waals surface area contributed by atoms with Crippen LogP contribution >= 0.6 is 0 Å². The third kappa shape index (κ3) is 3.98. The van der Waals surface area contributed by atoms with Gasteiger partial charge in [0, 0.05) is 12.2 Å². The first kappa shape index (κ1) is 15.0. The number of para-hydroxylation sites is 1. The van der Waals surface area contributed by atoms with Crippen LogP contribution in [-0.2, 0) is 9.53 Å². The molecule has 1 unspecified atom stereocenters. The van der Waals surface area contributed by atoms with Gasteiger partial charge in [0.05, 0.1) is 5.56 Å². The minimum absolute atomic E-state index is 0.287. The van der Waals surface area contributed by atoms with Crippen molar-refractivity contribution < 1.29 is 14.3 Å². The minimum atomic E-state index is -0.834. The van der Waals surface area contributed by atoms with Gasteiger partial charge in [-0.2, -0.15) is 0 Å². The van der Waals surface area contributed by atoms with Gasteiger partial charge in [0.1, 0.15) is 0 Å². The van der Waals surface area contributed by atoms with Gasteiger partial charge >= 0.3 is 5.97 Å². The van der Waals surface area contributed by atoms with E-state index >= 15 is 0 Å². The zero-order valence-electron chi connectivity index (χ0n) is 11.5. The fourth-order valence-electron chi connectivity index (χ4n) is 1.53. The average Bonchev–Trinajstić information content (AvgIpc) is 2.38. The molecule has 1 rings (SSSR count). The van der Waals surface area contributed by atoms with Crippen LogP contribution in [0.3, 0.4) is 0 Å². The molecule has 5 nitrogen and oxygen atoms in total. The number of hydrogen-bond donors (Lipinski definition) is 2. The lowest BCUT2D eigenvalue weighted by Gasteiger charge is -2.14. The molecule has 0 radical (unpaired) electrons. The van der Waals surface area contributed by atoms with Gasteiger partial charge in [-0.05, 0) is 31.9 Å². The standard InChI is InChI=1S/C14H20N2O3/c1-4-8-16-13(17)10(3)19-14(18)11-7-5-6-9(2)12(11)15/h5-7,10H,4,8,15H2,1-3H3,(H,16,17). The van der Waals surface area contributed by atoms with Gasteiger partial charge in [0.2, 0.25) is 0 Å². The number of amides is 1. The number of carbonyl (C=O) groups is 2. The largest absolute Gasteiger partial charge is 0.449 e. The van der Waals surface area contributed by atoms with Crippen LogP contribution in [0.1, 0.15) is 36.2 Å². The second-order valence-corrected chi connectivity index (χ2v) is 4.37. The third-order valence-corrected chi connectivity index (χ3v) is 2.75. The second kappa shape index (κ2) is 6.78. The normalized spacial score (nSPS) is 11.7. The van der Waals surface area contributed by atoms with Crippen LogP contribution in [-0.4, -0.2) is 24.5 Å². The van der Waals surface area contributed by atoms with Gasteiger partial charge in [-0.25, -0.2) is 4.79 Å². The number of rotatable bonds is 5. The van der Waals surface area contributed by atoms with E-state index in [2.05, 4.69) is 5.32 Å². The Morgan fingerprint density at radius 2 is 2.11 bits per heavy atom. The second-order valence-electron chi connectivity index (χ2n) is 4.37. The number of aryl methyl sites for hydroxylation is 1. The molecule has 0 aliphatic rings. The smallest absolute Gasteiger partial charge is 0.341 e. The number of nitrogens with one attached hydrogen (secondary N) is 1. The van der Waals surface area contributed by atoms with Gasteiger partial charge in [-0.3, -0.25) is 4.79 Å². The molecule has 1 atom stereocenters. The highest BCUT2D eigenvalue weighted by Crippen LogP contribution is 2.17. The molecule has 1 aromatic carbocycles. The minimum Gasteiger partial charge on any atom is -0.449 e. The van der Waals surface area contributed by atoms with Crippen molar-refractivity contribution in [2.75, 3.05) is 12.3 Å². The number of hydrogen-bond acceptors (Lipinski definition) is 4. The fourth-order valence-corrected chi connectivity index (χ4v) is 1.53. The van der Waals surface area contributed by atoms with Crippen molar-refractivity contribution in [3.8, 4) is 0 Å². The maximum atomic E-state index is 11.9. The summed E-state index contributed by atoms with van der Waals surface area (Å²) >= 11 is 0. The summed E-state index contributed by atoms with van der Waals surface area (Å²) < 4.78 is 5.10. The van der Waals surface area contributed by atoms with Crippen LogP contribution < -0.4 is 11.1 Å². The molecule has 1 amide bonds. The summed E-state index contributed by atoms with van der Waals surface area (Å²) in [5.41, 5.74) is 7.29. The highest BCUT2D eigenvalue weighted by Gasteiger charge is 2.20.